The Morgan fingerprint density at radius 1 is 1.10 bits per heavy atom. The van der Waals surface area contributed by atoms with Crippen LogP contribution in [0.15, 0.2) is 63.9 Å². The van der Waals surface area contributed by atoms with E-state index in [2.05, 4.69) is 10.3 Å². The van der Waals surface area contributed by atoms with Crippen LogP contribution in [0.3, 0.4) is 0 Å². The molecule has 0 spiro atoms. The van der Waals surface area contributed by atoms with E-state index in [1.807, 2.05) is 0 Å². The summed E-state index contributed by atoms with van der Waals surface area (Å²) >= 11 is 1.18. The van der Waals surface area contributed by atoms with E-state index in [1.165, 1.54) is 17.4 Å². The van der Waals surface area contributed by atoms with Gasteiger partial charge in [0.2, 0.25) is 0 Å². The van der Waals surface area contributed by atoms with E-state index in [0.29, 0.717) is 26.9 Å². The third-order valence-electron chi connectivity index (χ3n) is 4.33. The number of fused-ring (bicyclic) bond motifs is 1. The van der Waals surface area contributed by atoms with E-state index in [9.17, 15) is 13.2 Å². The summed E-state index contributed by atoms with van der Waals surface area (Å²) in [6, 6.07) is 15.0. The number of carbonyl (C=O) groups excluding carboxylic acids is 1. The van der Waals surface area contributed by atoms with Gasteiger partial charge in [-0.05, 0) is 54.6 Å². The number of carbonyl (C=O) groups is 1. The van der Waals surface area contributed by atoms with Crippen LogP contribution in [0.2, 0.25) is 0 Å². The Kier molecular flexibility index (Phi) is 5.66. The molecular weight excluding hydrogens is 440 g/mol. The summed E-state index contributed by atoms with van der Waals surface area (Å²) in [5, 5.41) is 3.02. The highest BCUT2D eigenvalue weighted by Crippen LogP contribution is 2.28. The van der Waals surface area contributed by atoms with Crippen LogP contribution < -0.4 is 14.8 Å². The number of hydrogen-bond donors (Lipinski definition) is 1. The first-order valence-corrected chi connectivity index (χ1v) is 11.8. The van der Waals surface area contributed by atoms with Gasteiger partial charge in [0, 0.05) is 6.26 Å². The molecule has 1 N–H and O–H groups in total. The number of furan rings is 1. The Bertz CT molecular complexity index is 1340. The molecule has 2 aromatic heterocycles. The minimum Gasteiger partial charge on any atom is -0.497 e. The van der Waals surface area contributed by atoms with Crippen LogP contribution in [0.1, 0.15) is 16.3 Å². The quantitative estimate of drug-likeness (QED) is 0.444. The Morgan fingerprint density at radius 2 is 1.84 bits per heavy atom. The van der Waals surface area contributed by atoms with Gasteiger partial charge in [0.05, 0.1) is 22.2 Å². The molecule has 0 atom stereocenters. The first-order chi connectivity index (χ1) is 14.8. The zero-order valence-corrected chi connectivity index (χ0v) is 18.2. The van der Waals surface area contributed by atoms with Gasteiger partial charge < -0.3 is 13.9 Å². The molecule has 0 fully saturated rings. The summed E-state index contributed by atoms with van der Waals surface area (Å²) in [5.74, 6) is 1.52. The summed E-state index contributed by atoms with van der Waals surface area (Å²) in [7, 11) is -1.73. The van der Waals surface area contributed by atoms with Crippen molar-refractivity contribution in [2.24, 2.45) is 0 Å². The molecule has 2 heterocycles. The maximum atomic E-state index is 12.5. The molecule has 2 aromatic carbocycles. The van der Waals surface area contributed by atoms with Gasteiger partial charge in [-0.2, -0.15) is 0 Å². The number of ether oxygens (including phenoxy) is 2. The number of nitrogens with zero attached hydrogens (tertiary/aromatic N) is 1. The van der Waals surface area contributed by atoms with Crippen LogP contribution in [0.25, 0.3) is 10.2 Å². The Morgan fingerprint density at radius 3 is 2.55 bits per heavy atom. The lowest BCUT2D eigenvalue weighted by molar-refractivity contribution is 0.0992. The maximum absolute atomic E-state index is 12.5. The summed E-state index contributed by atoms with van der Waals surface area (Å²) in [4.78, 5) is 17.0. The number of rotatable bonds is 7. The van der Waals surface area contributed by atoms with Crippen LogP contribution in [-0.2, 0) is 16.4 Å². The van der Waals surface area contributed by atoms with Crippen molar-refractivity contribution in [2.45, 2.75) is 11.5 Å². The fraction of sp³-hybridized carbons (Fsp3) is 0.143. The lowest BCUT2D eigenvalue weighted by Gasteiger charge is -2.05. The van der Waals surface area contributed by atoms with Crippen molar-refractivity contribution in [1.29, 1.82) is 0 Å². The number of anilines is 1. The van der Waals surface area contributed by atoms with E-state index in [-0.39, 0.29) is 17.3 Å². The number of aromatic nitrogens is 1. The molecule has 31 heavy (non-hydrogen) atoms. The highest BCUT2D eigenvalue weighted by Gasteiger charge is 2.15. The van der Waals surface area contributed by atoms with Crippen LogP contribution in [0.4, 0.5) is 5.13 Å². The van der Waals surface area contributed by atoms with Crippen molar-refractivity contribution in [1.82, 2.24) is 4.98 Å². The van der Waals surface area contributed by atoms with Crippen molar-refractivity contribution < 1.29 is 27.1 Å². The molecule has 0 unspecified atom stereocenters. The molecule has 160 valence electrons. The lowest BCUT2D eigenvalue weighted by Crippen LogP contribution is -2.10. The van der Waals surface area contributed by atoms with Gasteiger partial charge in [-0.15, -0.1) is 0 Å². The molecule has 0 radical (unpaired) electrons. The molecule has 0 saturated carbocycles. The monoisotopic (exact) mass is 458 g/mol. The van der Waals surface area contributed by atoms with Crippen molar-refractivity contribution in [3.05, 3.63) is 66.1 Å². The number of hydrogen-bond acceptors (Lipinski definition) is 8. The number of nitrogens with one attached hydrogen (secondary N) is 1. The summed E-state index contributed by atoms with van der Waals surface area (Å²) < 4.78 is 40.4. The zero-order valence-electron chi connectivity index (χ0n) is 16.6. The van der Waals surface area contributed by atoms with E-state index in [1.54, 1.807) is 55.6 Å². The summed E-state index contributed by atoms with van der Waals surface area (Å²) in [6.45, 7) is 0.162. The molecule has 8 nitrogen and oxygen atoms in total. The highest BCUT2D eigenvalue weighted by molar-refractivity contribution is 7.90. The average Bonchev–Trinajstić information content (AvgIpc) is 3.38. The molecule has 4 rings (SSSR count). The van der Waals surface area contributed by atoms with E-state index in [0.717, 1.165) is 12.0 Å². The van der Waals surface area contributed by atoms with Gasteiger partial charge in [0.25, 0.3) is 5.91 Å². The zero-order chi connectivity index (χ0) is 22.0. The largest absolute Gasteiger partial charge is 0.497 e. The average molecular weight is 459 g/mol. The van der Waals surface area contributed by atoms with Crippen molar-refractivity contribution in [3.8, 4) is 11.5 Å². The second kappa shape index (κ2) is 8.40. The number of amides is 1. The fourth-order valence-corrected chi connectivity index (χ4v) is 4.37. The van der Waals surface area contributed by atoms with Gasteiger partial charge in [-0.1, -0.05) is 11.3 Å². The third-order valence-corrected chi connectivity index (χ3v) is 6.38. The predicted molar refractivity (Wildman–Crippen MR) is 117 cm³/mol. The van der Waals surface area contributed by atoms with E-state index < -0.39 is 15.7 Å². The highest BCUT2D eigenvalue weighted by atomic mass is 32.2. The predicted octanol–water partition coefficient (Wildman–Crippen LogP) is 4.13. The first-order valence-electron chi connectivity index (χ1n) is 9.09. The first kappa shape index (κ1) is 20.9. The molecule has 4 aromatic rings. The van der Waals surface area contributed by atoms with Gasteiger partial charge in [-0.3, -0.25) is 10.1 Å². The van der Waals surface area contributed by atoms with E-state index >= 15 is 0 Å². The summed E-state index contributed by atoms with van der Waals surface area (Å²) in [6.07, 6.45) is 1.14. The fourth-order valence-electron chi connectivity index (χ4n) is 2.75. The minimum absolute atomic E-state index is 0.115. The second-order valence-electron chi connectivity index (χ2n) is 6.61. The molecule has 0 saturated heterocycles. The lowest BCUT2D eigenvalue weighted by atomic mass is 10.3. The number of benzene rings is 2. The SMILES string of the molecule is COc1ccc(OCc2ccc(C(=O)Nc3nc4ccc(S(C)(=O)=O)cc4s3)o2)cc1. The van der Waals surface area contributed by atoms with E-state index in [4.69, 9.17) is 13.9 Å². The second-order valence-corrected chi connectivity index (χ2v) is 9.65. The molecule has 10 heteroatoms. The van der Waals surface area contributed by atoms with Gasteiger partial charge >= 0.3 is 0 Å². The minimum atomic E-state index is -3.32. The molecule has 0 bridgehead atoms. The third kappa shape index (κ3) is 4.86. The Hall–Kier alpha value is -3.37. The van der Waals surface area contributed by atoms with Crippen LogP contribution in [0.5, 0.6) is 11.5 Å². The smallest absolute Gasteiger partial charge is 0.293 e. The van der Waals surface area contributed by atoms with Crippen molar-refractivity contribution >= 4 is 42.4 Å². The molecular formula is C21H18N2O6S2. The van der Waals surface area contributed by atoms with Crippen LogP contribution in [0, 0.1) is 0 Å². The Balaban J connectivity index is 1.41. The Labute approximate surface area is 182 Å². The molecule has 0 aliphatic rings. The van der Waals surface area contributed by atoms with Crippen LogP contribution in [-0.4, -0.2) is 32.7 Å². The number of thiazole rings is 1. The summed E-state index contributed by atoms with van der Waals surface area (Å²) in [5.41, 5.74) is 0.598. The van der Waals surface area contributed by atoms with Gasteiger partial charge in [0.15, 0.2) is 20.7 Å². The standard InChI is InChI=1S/C21H18N2O6S2/c1-27-13-3-5-14(6-4-13)28-12-15-7-10-18(29-15)20(24)23-21-22-17-9-8-16(31(2,25)26)11-19(17)30-21/h3-11H,12H2,1-2H3,(H,22,23,24). The molecule has 0 aliphatic carbocycles. The topological polar surface area (TPSA) is 108 Å². The molecule has 0 aliphatic heterocycles. The van der Waals surface area contributed by atoms with Gasteiger partial charge in [-0.25, -0.2) is 13.4 Å². The normalized spacial score (nSPS) is 11.4. The maximum Gasteiger partial charge on any atom is 0.293 e. The number of sulfone groups is 1. The number of methoxy groups -OCH3 is 1. The van der Waals surface area contributed by atoms with Crippen LogP contribution >= 0.6 is 11.3 Å². The molecule has 1 amide bonds. The van der Waals surface area contributed by atoms with Crippen molar-refractivity contribution in [3.63, 3.8) is 0 Å². The van der Waals surface area contributed by atoms with Crippen molar-refractivity contribution in [2.75, 3.05) is 18.7 Å². The van der Waals surface area contributed by atoms with Gasteiger partial charge in [0.1, 0.15) is 23.9 Å².